The number of nitrogens with zero attached hydrogens (tertiary/aromatic N) is 1. The molecule has 0 aliphatic heterocycles. The van der Waals surface area contributed by atoms with Crippen LogP contribution in [0.2, 0.25) is 0 Å². The van der Waals surface area contributed by atoms with Gasteiger partial charge in [-0.3, -0.25) is 4.90 Å². The van der Waals surface area contributed by atoms with Crippen LogP contribution in [-0.4, -0.2) is 45.6 Å². The van der Waals surface area contributed by atoms with E-state index in [1.165, 1.54) is 14.2 Å². The SMILES string of the molecule is COc1cc2c(cc1OC)C(N(C)C)(C(F)(F)F)C=C2C(F)(F)F. The number of alkyl halides is 6. The lowest BCUT2D eigenvalue weighted by atomic mass is 9.89. The highest BCUT2D eigenvalue weighted by Gasteiger charge is 2.62. The molecular weight excluding hydrogens is 340 g/mol. The number of methoxy groups -OCH3 is 2. The van der Waals surface area contributed by atoms with E-state index in [0.717, 1.165) is 26.2 Å². The van der Waals surface area contributed by atoms with Gasteiger partial charge in [-0.25, -0.2) is 0 Å². The fourth-order valence-corrected chi connectivity index (χ4v) is 2.87. The Morgan fingerprint density at radius 1 is 0.917 bits per heavy atom. The quantitative estimate of drug-likeness (QED) is 0.766. The Labute approximate surface area is 134 Å². The van der Waals surface area contributed by atoms with Crippen LogP contribution in [-0.2, 0) is 5.54 Å². The predicted molar refractivity (Wildman–Crippen MR) is 75.0 cm³/mol. The van der Waals surface area contributed by atoms with Crippen molar-refractivity contribution >= 4 is 5.57 Å². The van der Waals surface area contributed by atoms with Gasteiger partial charge >= 0.3 is 12.4 Å². The molecule has 9 heteroatoms. The monoisotopic (exact) mass is 355 g/mol. The van der Waals surface area contributed by atoms with Crippen molar-refractivity contribution in [3.8, 4) is 11.5 Å². The number of benzene rings is 1. The number of allylic oxidation sites excluding steroid dienone is 1. The first-order valence-corrected chi connectivity index (χ1v) is 6.71. The van der Waals surface area contributed by atoms with E-state index < -0.39 is 34.6 Å². The number of rotatable bonds is 3. The van der Waals surface area contributed by atoms with Crippen LogP contribution in [0.25, 0.3) is 5.57 Å². The van der Waals surface area contributed by atoms with Gasteiger partial charge in [0.2, 0.25) is 0 Å². The highest BCUT2D eigenvalue weighted by Crippen LogP contribution is 2.56. The molecule has 1 atom stereocenters. The highest BCUT2D eigenvalue weighted by molar-refractivity contribution is 5.81. The number of likely N-dealkylation sites (N-methyl/N-ethyl adjacent to an activating group) is 1. The van der Waals surface area contributed by atoms with Crippen molar-refractivity contribution < 1.29 is 35.8 Å². The lowest BCUT2D eigenvalue weighted by Crippen LogP contribution is -2.50. The van der Waals surface area contributed by atoms with Crippen LogP contribution in [0, 0.1) is 0 Å². The molecule has 0 saturated heterocycles. The Balaban J connectivity index is 2.91. The van der Waals surface area contributed by atoms with Gasteiger partial charge in [0.15, 0.2) is 17.0 Å². The standard InChI is InChI=1S/C15H15F6NO2/c1-22(2)13(15(19,20)21)7-10(14(16,17)18)8-5-11(23-3)12(24-4)6-9(8)13/h5-7H,1-4H3. The maximum atomic E-state index is 13.8. The fourth-order valence-electron chi connectivity index (χ4n) is 2.87. The summed E-state index contributed by atoms with van der Waals surface area (Å²) in [6, 6.07) is 1.86. The minimum Gasteiger partial charge on any atom is -0.493 e. The Hall–Kier alpha value is -1.90. The van der Waals surface area contributed by atoms with Crippen LogP contribution >= 0.6 is 0 Å². The van der Waals surface area contributed by atoms with Crippen molar-refractivity contribution in [3.63, 3.8) is 0 Å². The molecule has 2 rings (SSSR count). The van der Waals surface area contributed by atoms with Gasteiger partial charge in [-0.1, -0.05) is 0 Å². The average molecular weight is 355 g/mol. The third kappa shape index (κ3) is 2.51. The smallest absolute Gasteiger partial charge is 0.416 e. The molecule has 0 bridgehead atoms. The summed E-state index contributed by atoms with van der Waals surface area (Å²) in [5, 5.41) is 0. The van der Waals surface area contributed by atoms with Crippen molar-refractivity contribution in [2.45, 2.75) is 17.9 Å². The predicted octanol–water partition coefficient (Wildman–Crippen LogP) is 3.98. The summed E-state index contributed by atoms with van der Waals surface area (Å²) < 4.78 is 91.3. The Morgan fingerprint density at radius 3 is 1.79 bits per heavy atom. The minimum atomic E-state index is -4.97. The summed E-state index contributed by atoms with van der Waals surface area (Å²) in [5.41, 5.74) is -5.40. The van der Waals surface area contributed by atoms with E-state index in [0.29, 0.717) is 4.90 Å². The third-order valence-corrected chi connectivity index (χ3v) is 4.02. The van der Waals surface area contributed by atoms with Crippen molar-refractivity contribution in [3.05, 3.63) is 29.3 Å². The van der Waals surface area contributed by atoms with Gasteiger partial charge in [-0.05, 0) is 43.4 Å². The second-order valence-corrected chi connectivity index (χ2v) is 5.47. The van der Waals surface area contributed by atoms with Crippen molar-refractivity contribution in [2.75, 3.05) is 28.3 Å². The first kappa shape index (κ1) is 18.4. The number of halogens is 6. The molecule has 0 spiro atoms. The molecule has 1 aliphatic carbocycles. The summed E-state index contributed by atoms with van der Waals surface area (Å²) in [5.74, 6) is -0.160. The first-order valence-electron chi connectivity index (χ1n) is 6.71. The largest absolute Gasteiger partial charge is 0.493 e. The van der Waals surface area contributed by atoms with Gasteiger partial charge < -0.3 is 9.47 Å². The van der Waals surface area contributed by atoms with Gasteiger partial charge in [0, 0.05) is 0 Å². The molecule has 0 saturated carbocycles. The molecule has 0 N–H and O–H groups in total. The van der Waals surface area contributed by atoms with E-state index in [4.69, 9.17) is 9.47 Å². The van der Waals surface area contributed by atoms with Gasteiger partial charge in [0.1, 0.15) is 0 Å². The number of hydrogen-bond acceptors (Lipinski definition) is 3. The topological polar surface area (TPSA) is 21.7 Å². The molecule has 0 aromatic heterocycles. The Morgan fingerprint density at radius 2 is 1.42 bits per heavy atom. The molecule has 0 amide bonds. The lowest BCUT2D eigenvalue weighted by Gasteiger charge is -2.37. The van der Waals surface area contributed by atoms with Crippen molar-refractivity contribution in [1.29, 1.82) is 0 Å². The molecule has 0 radical (unpaired) electrons. The van der Waals surface area contributed by atoms with Crippen LogP contribution in [0.5, 0.6) is 11.5 Å². The Kier molecular flexibility index (Phi) is 4.28. The molecule has 3 nitrogen and oxygen atoms in total. The molecule has 1 aromatic carbocycles. The van der Waals surface area contributed by atoms with Crippen molar-refractivity contribution in [2.24, 2.45) is 0 Å². The third-order valence-electron chi connectivity index (χ3n) is 4.02. The van der Waals surface area contributed by atoms with E-state index in [-0.39, 0.29) is 17.6 Å². The van der Waals surface area contributed by atoms with E-state index in [9.17, 15) is 26.3 Å². The lowest BCUT2D eigenvalue weighted by molar-refractivity contribution is -0.211. The Bertz CT molecular complexity index is 678. The molecule has 1 aliphatic rings. The zero-order valence-corrected chi connectivity index (χ0v) is 13.3. The summed E-state index contributed by atoms with van der Waals surface area (Å²) >= 11 is 0. The summed E-state index contributed by atoms with van der Waals surface area (Å²) in [6.45, 7) is 0. The summed E-state index contributed by atoms with van der Waals surface area (Å²) in [7, 11) is 4.54. The molecule has 134 valence electrons. The van der Waals surface area contributed by atoms with Gasteiger partial charge in [-0.2, -0.15) is 26.3 Å². The van der Waals surface area contributed by atoms with E-state index in [1.807, 2.05) is 0 Å². The van der Waals surface area contributed by atoms with Crippen molar-refractivity contribution in [1.82, 2.24) is 4.90 Å². The molecule has 1 aromatic rings. The number of fused-ring (bicyclic) bond motifs is 1. The van der Waals surface area contributed by atoms with Gasteiger partial charge in [-0.15, -0.1) is 0 Å². The molecular formula is C15H15F6NO2. The first-order chi connectivity index (χ1) is 10.9. The van der Waals surface area contributed by atoms with E-state index in [1.54, 1.807) is 0 Å². The number of hydrogen-bond donors (Lipinski definition) is 0. The minimum absolute atomic E-state index is 0.0800. The zero-order valence-electron chi connectivity index (χ0n) is 13.3. The van der Waals surface area contributed by atoms with E-state index in [2.05, 4.69) is 0 Å². The van der Waals surface area contributed by atoms with E-state index >= 15 is 0 Å². The zero-order chi connectivity index (χ0) is 18.5. The normalized spacial score (nSPS) is 20.9. The van der Waals surface area contributed by atoms with Gasteiger partial charge in [0.05, 0.1) is 19.8 Å². The molecule has 24 heavy (non-hydrogen) atoms. The summed E-state index contributed by atoms with van der Waals surface area (Å²) in [4.78, 5) is 0.705. The van der Waals surface area contributed by atoms with Crippen LogP contribution in [0.15, 0.2) is 18.2 Å². The highest BCUT2D eigenvalue weighted by atomic mass is 19.4. The molecule has 0 fully saturated rings. The second-order valence-electron chi connectivity index (χ2n) is 5.47. The second kappa shape index (κ2) is 5.58. The average Bonchev–Trinajstić information content (AvgIpc) is 2.80. The maximum absolute atomic E-state index is 13.8. The molecule has 1 unspecified atom stereocenters. The number of ether oxygens (including phenoxy) is 2. The molecule has 0 heterocycles. The van der Waals surface area contributed by atoms with Gasteiger partial charge in [0.25, 0.3) is 0 Å². The van der Waals surface area contributed by atoms with Crippen LogP contribution in [0.1, 0.15) is 11.1 Å². The fraction of sp³-hybridized carbons (Fsp3) is 0.467. The summed E-state index contributed by atoms with van der Waals surface area (Å²) in [6.07, 6.45) is -9.72. The van der Waals surface area contributed by atoms with Crippen LogP contribution in [0.4, 0.5) is 26.3 Å². The van der Waals surface area contributed by atoms with Crippen LogP contribution < -0.4 is 9.47 Å². The maximum Gasteiger partial charge on any atom is 0.416 e. The van der Waals surface area contributed by atoms with Crippen LogP contribution in [0.3, 0.4) is 0 Å².